The van der Waals surface area contributed by atoms with Crippen LogP contribution in [0.5, 0.6) is 0 Å². The molecule has 0 spiro atoms. The first-order valence-corrected chi connectivity index (χ1v) is 5.29. The van der Waals surface area contributed by atoms with Gasteiger partial charge >= 0.3 is 0 Å². The van der Waals surface area contributed by atoms with Gasteiger partial charge in [-0.05, 0) is 24.0 Å². The molecule has 2 N–H and O–H groups in total. The normalized spacial score (nSPS) is 16.7. The lowest BCUT2D eigenvalue weighted by molar-refractivity contribution is 0.651. The fraction of sp³-hybridized carbons (Fsp3) is 0.200. The molecule has 16 heavy (non-hydrogen) atoms. The van der Waals surface area contributed by atoms with Crippen molar-refractivity contribution in [3.05, 3.63) is 71.7 Å². The molecule has 0 aromatic heterocycles. The van der Waals surface area contributed by atoms with Gasteiger partial charge in [0.25, 0.3) is 0 Å². The van der Waals surface area contributed by atoms with Gasteiger partial charge in [0.1, 0.15) is 0 Å². The summed E-state index contributed by atoms with van der Waals surface area (Å²) in [6.07, 6.45) is 0.879. The molecule has 1 unspecified atom stereocenters. The number of nitrogens with two attached hydrogens (primary N) is 1. The molecule has 0 bridgehead atoms. The third-order valence-corrected chi connectivity index (χ3v) is 2.48. The van der Waals surface area contributed by atoms with E-state index in [-0.39, 0.29) is 36.3 Å². The maximum Gasteiger partial charge on any atom is 0.0626 e. The third-order valence-electron chi connectivity index (χ3n) is 2.48. The molecule has 1 nitrogen and oxygen atoms in total. The Morgan fingerprint density at radius 2 is 1.75 bits per heavy atom. The highest BCUT2D eigenvalue weighted by Crippen LogP contribution is 2.16. The average molecular weight is 216 g/mol. The average Bonchev–Trinajstić information content (AvgIpc) is 2.51. The van der Waals surface area contributed by atoms with Gasteiger partial charge in [0.15, 0.2) is 0 Å². The van der Waals surface area contributed by atoms with Gasteiger partial charge in [-0.2, -0.15) is 0 Å². The summed E-state index contributed by atoms with van der Waals surface area (Å²) in [6.45, 7) is 0. The fourth-order valence-corrected chi connectivity index (χ4v) is 1.57. The Morgan fingerprint density at radius 3 is 2.44 bits per heavy atom. The molecular formula is C15H17N. The standard InChI is InChI=1S/C15H17N/c16-15(14-9-5-2-6-10-14)12-11-13-7-3-1-4-8-13/h1-10,15H,11-12,16H2/i1D,3D,4D,7D,8D. The zero-order valence-electron chi connectivity index (χ0n) is 14.0. The van der Waals surface area contributed by atoms with Crippen molar-refractivity contribution in [2.45, 2.75) is 18.9 Å². The van der Waals surface area contributed by atoms with Crippen LogP contribution in [0.3, 0.4) is 0 Å². The molecular weight excluding hydrogens is 194 g/mol. The Balaban J connectivity index is 2.21. The summed E-state index contributed by atoms with van der Waals surface area (Å²) in [5.41, 5.74) is 7.40. The van der Waals surface area contributed by atoms with E-state index >= 15 is 0 Å². The smallest absolute Gasteiger partial charge is 0.0626 e. The molecule has 0 saturated carbocycles. The van der Waals surface area contributed by atoms with Gasteiger partial charge in [-0.3, -0.25) is 0 Å². The number of rotatable bonds is 4. The van der Waals surface area contributed by atoms with Crippen LogP contribution < -0.4 is 5.73 Å². The zero-order chi connectivity index (χ0) is 15.6. The second kappa shape index (κ2) is 5.47. The lowest BCUT2D eigenvalue weighted by atomic mass is 10.00. The highest BCUT2D eigenvalue weighted by molar-refractivity contribution is 5.20. The molecule has 0 aliphatic rings. The molecule has 0 saturated heterocycles. The lowest BCUT2D eigenvalue weighted by Gasteiger charge is -2.11. The first-order valence-electron chi connectivity index (χ1n) is 7.79. The van der Waals surface area contributed by atoms with Gasteiger partial charge < -0.3 is 5.73 Å². The van der Waals surface area contributed by atoms with E-state index in [2.05, 4.69) is 0 Å². The molecule has 0 fully saturated rings. The van der Waals surface area contributed by atoms with Crippen molar-refractivity contribution >= 4 is 0 Å². The van der Waals surface area contributed by atoms with Gasteiger partial charge in [-0.25, -0.2) is 0 Å². The highest BCUT2D eigenvalue weighted by atomic mass is 14.6. The van der Waals surface area contributed by atoms with Crippen molar-refractivity contribution < 1.29 is 6.85 Å². The summed E-state index contributed by atoms with van der Waals surface area (Å²) in [7, 11) is 0. The Kier molecular flexibility index (Phi) is 2.13. The Labute approximate surface area is 104 Å². The molecule has 0 radical (unpaired) electrons. The van der Waals surface area contributed by atoms with Gasteiger partial charge in [-0.15, -0.1) is 0 Å². The van der Waals surface area contributed by atoms with Crippen molar-refractivity contribution in [3.8, 4) is 0 Å². The van der Waals surface area contributed by atoms with Crippen LogP contribution in [0.15, 0.2) is 60.5 Å². The summed E-state index contributed by atoms with van der Waals surface area (Å²) in [6, 6.07) is 8.12. The van der Waals surface area contributed by atoms with Gasteiger partial charge in [0.05, 0.1) is 6.85 Å². The first-order chi connectivity index (χ1) is 9.93. The van der Waals surface area contributed by atoms with Crippen LogP contribution in [-0.4, -0.2) is 0 Å². The second-order valence-electron chi connectivity index (χ2n) is 3.66. The van der Waals surface area contributed by atoms with Crippen LogP contribution in [0.25, 0.3) is 0 Å². The molecule has 1 heteroatoms. The molecule has 2 rings (SSSR count). The lowest BCUT2D eigenvalue weighted by Crippen LogP contribution is -2.11. The monoisotopic (exact) mass is 216 g/mol. The van der Waals surface area contributed by atoms with E-state index in [9.17, 15) is 0 Å². The molecule has 2 aromatic carbocycles. The largest absolute Gasteiger partial charge is 0.324 e. The van der Waals surface area contributed by atoms with Crippen molar-refractivity contribution in [1.29, 1.82) is 0 Å². The number of benzene rings is 2. The Bertz CT molecular complexity index is 613. The third kappa shape index (κ3) is 2.94. The molecule has 0 aliphatic carbocycles. The fourth-order valence-electron chi connectivity index (χ4n) is 1.57. The maximum atomic E-state index is 7.87. The van der Waals surface area contributed by atoms with Crippen molar-refractivity contribution in [2.24, 2.45) is 5.73 Å². The van der Waals surface area contributed by atoms with E-state index < -0.39 is 0 Å². The van der Waals surface area contributed by atoms with Crippen LogP contribution in [0.1, 0.15) is 30.4 Å². The topological polar surface area (TPSA) is 26.0 Å². The van der Waals surface area contributed by atoms with E-state index in [1.807, 2.05) is 30.3 Å². The quantitative estimate of drug-likeness (QED) is 0.833. The Morgan fingerprint density at radius 1 is 1.06 bits per heavy atom. The SMILES string of the molecule is [2H]c1c([2H])c([2H])c(CCC(N)c2ccccc2)c([2H])c1[2H]. The summed E-state index contributed by atoms with van der Waals surface area (Å²) < 4.78 is 38.6. The van der Waals surface area contributed by atoms with Crippen molar-refractivity contribution in [1.82, 2.24) is 0 Å². The van der Waals surface area contributed by atoms with Gasteiger partial charge in [0.2, 0.25) is 0 Å². The molecule has 0 heterocycles. The minimum absolute atomic E-state index is 0.138. The zero-order valence-corrected chi connectivity index (χ0v) is 8.96. The van der Waals surface area contributed by atoms with Crippen LogP contribution in [0, 0.1) is 0 Å². The highest BCUT2D eigenvalue weighted by Gasteiger charge is 2.04. The summed E-state index contributed by atoms with van der Waals surface area (Å²) in [4.78, 5) is 0. The molecule has 0 aliphatic heterocycles. The molecule has 2 aromatic rings. The number of hydrogen-bond acceptors (Lipinski definition) is 1. The van der Waals surface area contributed by atoms with Crippen molar-refractivity contribution in [3.63, 3.8) is 0 Å². The van der Waals surface area contributed by atoms with E-state index in [1.54, 1.807) is 0 Å². The second-order valence-corrected chi connectivity index (χ2v) is 3.66. The minimum Gasteiger partial charge on any atom is -0.324 e. The predicted molar refractivity (Wildman–Crippen MR) is 68.1 cm³/mol. The van der Waals surface area contributed by atoms with E-state index in [0.717, 1.165) is 5.56 Å². The minimum atomic E-state index is -0.360. The Hall–Kier alpha value is -1.60. The summed E-state index contributed by atoms with van der Waals surface area (Å²) >= 11 is 0. The van der Waals surface area contributed by atoms with Crippen LogP contribution in [0.2, 0.25) is 0 Å². The first kappa shape index (κ1) is 6.21. The van der Waals surface area contributed by atoms with E-state index in [0.29, 0.717) is 18.4 Å². The van der Waals surface area contributed by atoms with Crippen LogP contribution in [-0.2, 0) is 6.42 Å². The number of hydrogen-bond donors (Lipinski definition) is 1. The van der Waals surface area contributed by atoms with E-state index in [1.165, 1.54) is 0 Å². The van der Waals surface area contributed by atoms with Gasteiger partial charge in [-0.1, -0.05) is 60.5 Å². The van der Waals surface area contributed by atoms with Crippen molar-refractivity contribution in [2.75, 3.05) is 0 Å². The molecule has 0 amide bonds. The molecule has 1 atom stereocenters. The molecule has 82 valence electrons. The predicted octanol–water partition coefficient (Wildman–Crippen LogP) is 3.32. The van der Waals surface area contributed by atoms with E-state index in [4.69, 9.17) is 12.6 Å². The van der Waals surface area contributed by atoms with Crippen LogP contribution in [0.4, 0.5) is 0 Å². The summed E-state index contributed by atoms with van der Waals surface area (Å²) in [5, 5.41) is 0. The maximum absolute atomic E-state index is 7.87. The van der Waals surface area contributed by atoms with Crippen LogP contribution >= 0.6 is 0 Å². The summed E-state index contributed by atoms with van der Waals surface area (Å²) in [5.74, 6) is 0. The van der Waals surface area contributed by atoms with Gasteiger partial charge in [0, 0.05) is 6.04 Å².